The number of allylic oxidation sites excluding steroid dienone is 1. The van der Waals surface area contributed by atoms with Crippen LogP contribution in [0.1, 0.15) is 45.7 Å². The molecule has 0 N–H and O–H groups in total. The van der Waals surface area contributed by atoms with Crippen molar-refractivity contribution >= 4 is 23.3 Å². The van der Waals surface area contributed by atoms with E-state index in [9.17, 15) is 4.79 Å². The van der Waals surface area contributed by atoms with E-state index in [-0.39, 0.29) is 12.1 Å². The van der Waals surface area contributed by atoms with Crippen LogP contribution in [0.25, 0.3) is 5.57 Å². The molecule has 6 heteroatoms. The Bertz CT molecular complexity index is 564. The number of ether oxygens (including phenoxy) is 1. The molecule has 1 unspecified atom stereocenters. The molecule has 1 aliphatic carbocycles. The monoisotopic (exact) mass is 323 g/mol. The van der Waals surface area contributed by atoms with Crippen LogP contribution in [0.3, 0.4) is 0 Å². The van der Waals surface area contributed by atoms with Crippen LogP contribution in [-0.4, -0.2) is 39.9 Å². The van der Waals surface area contributed by atoms with Crippen LogP contribution < -0.4 is 0 Å². The lowest BCUT2D eigenvalue weighted by Crippen LogP contribution is -2.41. The van der Waals surface area contributed by atoms with Gasteiger partial charge >= 0.3 is 6.09 Å². The van der Waals surface area contributed by atoms with Gasteiger partial charge in [0.15, 0.2) is 5.15 Å². The highest BCUT2D eigenvalue weighted by molar-refractivity contribution is 6.29. The first-order valence-corrected chi connectivity index (χ1v) is 7.78. The van der Waals surface area contributed by atoms with E-state index in [1.54, 1.807) is 18.0 Å². The number of aromatic nitrogens is 2. The first kappa shape index (κ1) is 16.7. The van der Waals surface area contributed by atoms with Crippen molar-refractivity contribution in [2.24, 2.45) is 0 Å². The van der Waals surface area contributed by atoms with E-state index in [0.717, 1.165) is 30.5 Å². The molecule has 1 aromatic rings. The van der Waals surface area contributed by atoms with E-state index in [1.165, 1.54) is 0 Å². The summed E-state index contributed by atoms with van der Waals surface area (Å²) in [7, 11) is 1.79. The number of carbonyl (C=O) groups excluding carboxylic acids is 1. The zero-order valence-electron chi connectivity index (χ0n) is 13.5. The van der Waals surface area contributed by atoms with Gasteiger partial charge in [0.1, 0.15) is 5.60 Å². The van der Waals surface area contributed by atoms with Crippen molar-refractivity contribution < 1.29 is 9.53 Å². The van der Waals surface area contributed by atoms with Crippen molar-refractivity contribution in [3.63, 3.8) is 0 Å². The summed E-state index contributed by atoms with van der Waals surface area (Å²) in [5.41, 5.74) is 1.53. The minimum atomic E-state index is -0.472. The van der Waals surface area contributed by atoms with E-state index in [2.05, 4.69) is 16.3 Å². The van der Waals surface area contributed by atoms with Crippen molar-refractivity contribution in [1.29, 1.82) is 0 Å². The topological polar surface area (TPSA) is 55.3 Å². The highest BCUT2D eigenvalue weighted by Crippen LogP contribution is 2.28. The van der Waals surface area contributed by atoms with E-state index in [1.807, 2.05) is 26.8 Å². The van der Waals surface area contributed by atoms with E-state index < -0.39 is 5.60 Å². The number of nitrogens with zero attached hydrogens (tertiary/aromatic N) is 3. The normalized spacial score (nSPS) is 18.6. The Morgan fingerprint density at radius 3 is 2.59 bits per heavy atom. The Labute approximate surface area is 136 Å². The molecular formula is C16H22ClN3O2. The van der Waals surface area contributed by atoms with Gasteiger partial charge in [-0.25, -0.2) is 4.79 Å². The van der Waals surface area contributed by atoms with Gasteiger partial charge in [-0.2, -0.15) is 0 Å². The molecule has 1 amide bonds. The lowest BCUT2D eigenvalue weighted by atomic mass is 9.92. The van der Waals surface area contributed by atoms with Crippen molar-refractivity contribution in [2.45, 2.75) is 51.7 Å². The third-order valence-corrected chi connectivity index (χ3v) is 3.78. The summed E-state index contributed by atoms with van der Waals surface area (Å²) >= 11 is 5.75. The van der Waals surface area contributed by atoms with Crippen LogP contribution in [-0.2, 0) is 4.74 Å². The maximum absolute atomic E-state index is 12.1. The second kappa shape index (κ2) is 6.65. The lowest BCUT2D eigenvalue weighted by molar-refractivity contribution is 0.0215. The molecule has 1 aromatic heterocycles. The molecule has 1 atom stereocenters. The van der Waals surface area contributed by atoms with Gasteiger partial charge < -0.3 is 9.64 Å². The number of hydrogen-bond donors (Lipinski definition) is 0. The van der Waals surface area contributed by atoms with E-state index >= 15 is 0 Å². The van der Waals surface area contributed by atoms with E-state index in [4.69, 9.17) is 16.3 Å². The van der Waals surface area contributed by atoms with Crippen LogP contribution in [0, 0.1) is 0 Å². The molecule has 0 saturated heterocycles. The van der Waals surface area contributed by atoms with Crippen molar-refractivity contribution in [2.75, 3.05) is 7.05 Å². The Morgan fingerprint density at radius 2 is 2.09 bits per heavy atom. The van der Waals surface area contributed by atoms with Crippen LogP contribution in [0.15, 0.2) is 18.2 Å². The Kier molecular flexibility index (Phi) is 5.06. The van der Waals surface area contributed by atoms with Gasteiger partial charge in [-0.05, 0) is 57.7 Å². The average Bonchev–Trinajstić information content (AvgIpc) is 2.46. The summed E-state index contributed by atoms with van der Waals surface area (Å²) < 4.78 is 5.41. The van der Waals surface area contributed by atoms with E-state index in [0.29, 0.717) is 5.15 Å². The molecule has 0 bridgehead atoms. The predicted molar refractivity (Wildman–Crippen MR) is 86.7 cm³/mol. The molecule has 0 spiro atoms. The molecule has 1 aliphatic rings. The molecule has 0 aromatic carbocycles. The Balaban J connectivity index is 1.98. The van der Waals surface area contributed by atoms with Gasteiger partial charge in [0.2, 0.25) is 0 Å². The average molecular weight is 324 g/mol. The summed E-state index contributed by atoms with van der Waals surface area (Å²) in [5.74, 6) is 0. The smallest absolute Gasteiger partial charge is 0.410 e. The Morgan fingerprint density at radius 1 is 1.36 bits per heavy atom. The summed E-state index contributed by atoms with van der Waals surface area (Å²) in [6.45, 7) is 5.62. The molecule has 0 aliphatic heterocycles. The number of carbonyl (C=O) groups is 1. The third kappa shape index (κ3) is 4.44. The van der Waals surface area contributed by atoms with Crippen molar-refractivity contribution in [3.05, 3.63) is 29.1 Å². The van der Waals surface area contributed by atoms with Crippen LogP contribution in [0.4, 0.5) is 4.79 Å². The van der Waals surface area contributed by atoms with Gasteiger partial charge in [0.05, 0.1) is 5.69 Å². The zero-order valence-corrected chi connectivity index (χ0v) is 14.2. The quantitative estimate of drug-likeness (QED) is 0.827. The van der Waals surface area contributed by atoms with Crippen molar-refractivity contribution in [1.82, 2.24) is 15.1 Å². The second-order valence-electron chi connectivity index (χ2n) is 6.49. The fourth-order valence-corrected chi connectivity index (χ4v) is 2.48. The third-order valence-electron chi connectivity index (χ3n) is 3.57. The number of halogens is 1. The number of rotatable bonds is 2. The minimum Gasteiger partial charge on any atom is -0.444 e. The summed E-state index contributed by atoms with van der Waals surface area (Å²) in [5, 5.41) is 8.36. The lowest BCUT2D eigenvalue weighted by Gasteiger charge is -2.32. The summed E-state index contributed by atoms with van der Waals surface area (Å²) in [4.78, 5) is 13.8. The number of amides is 1. The molecule has 5 nitrogen and oxygen atoms in total. The standard InChI is InChI=1S/C16H22ClN3O2/c1-16(2,3)22-15(21)20(4)12-7-5-11(6-8-12)13-9-10-14(17)19-18-13/h5,9-10,12H,6-8H2,1-4H3. The van der Waals surface area contributed by atoms with Crippen LogP contribution in [0.2, 0.25) is 5.15 Å². The van der Waals surface area contributed by atoms with Crippen molar-refractivity contribution in [3.8, 4) is 0 Å². The van der Waals surface area contributed by atoms with Gasteiger partial charge in [-0.1, -0.05) is 17.7 Å². The molecule has 120 valence electrons. The number of hydrogen-bond acceptors (Lipinski definition) is 4. The maximum atomic E-state index is 12.1. The maximum Gasteiger partial charge on any atom is 0.410 e. The fraction of sp³-hybridized carbons (Fsp3) is 0.562. The van der Waals surface area contributed by atoms with Crippen LogP contribution >= 0.6 is 11.6 Å². The second-order valence-corrected chi connectivity index (χ2v) is 6.88. The van der Waals surface area contributed by atoms with Gasteiger partial charge in [0.25, 0.3) is 0 Å². The van der Waals surface area contributed by atoms with Gasteiger partial charge in [-0.15, -0.1) is 10.2 Å². The first-order chi connectivity index (χ1) is 10.3. The highest BCUT2D eigenvalue weighted by Gasteiger charge is 2.27. The highest BCUT2D eigenvalue weighted by atomic mass is 35.5. The minimum absolute atomic E-state index is 0.152. The molecule has 0 saturated carbocycles. The first-order valence-electron chi connectivity index (χ1n) is 7.41. The van der Waals surface area contributed by atoms with Gasteiger partial charge in [-0.3, -0.25) is 0 Å². The molecule has 1 heterocycles. The molecular weight excluding hydrogens is 302 g/mol. The fourth-order valence-electron chi connectivity index (χ4n) is 2.37. The van der Waals surface area contributed by atoms with Gasteiger partial charge in [0, 0.05) is 13.1 Å². The Hall–Kier alpha value is -1.62. The van der Waals surface area contributed by atoms with Crippen LogP contribution in [0.5, 0.6) is 0 Å². The largest absolute Gasteiger partial charge is 0.444 e. The predicted octanol–water partition coefficient (Wildman–Crippen LogP) is 3.93. The summed E-state index contributed by atoms with van der Waals surface area (Å²) in [6.07, 6.45) is 4.36. The zero-order chi connectivity index (χ0) is 16.3. The molecule has 0 fully saturated rings. The summed E-state index contributed by atoms with van der Waals surface area (Å²) in [6, 6.07) is 3.77. The molecule has 22 heavy (non-hydrogen) atoms. The molecule has 2 rings (SSSR count). The molecule has 0 radical (unpaired) electrons. The SMILES string of the molecule is CN(C(=O)OC(C)(C)C)C1CC=C(c2ccc(Cl)nn2)CC1.